The first kappa shape index (κ1) is 23.0. The number of rotatable bonds is 8. The highest BCUT2D eigenvalue weighted by Gasteiger charge is 2.50. The van der Waals surface area contributed by atoms with Crippen molar-refractivity contribution in [1.82, 2.24) is 4.90 Å². The van der Waals surface area contributed by atoms with E-state index in [1.165, 1.54) is 5.56 Å². The number of hydrogen-bond acceptors (Lipinski definition) is 2. The van der Waals surface area contributed by atoms with Crippen molar-refractivity contribution in [2.45, 2.75) is 56.6 Å². The van der Waals surface area contributed by atoms with Gasteiger partial charge in [0.05, 0.1) is 27.2 Å². The van der Waals surface area contributed by atoms with Crippen molar-refractivity contribution in [2.75, 3.05) is 33.7 Å². The molecule has 4 nitrogen and oxygen atoms in total. The molecule has 2 fully saturated rings. The molecule has 0 bridgehead atoms. The van der Waals surface area contributed by atoms with Crippen molar-refractivity contribution in [1.29, 1.82) is 0 Å². The highest BCUT2D eigenvalue weighted by molar-refractivity contribution is 5.87. The van der Waals surface area contributed by atoms with Gasteiger partial charge in [-0.05, 0) is 30.4 Å². The SMILES string of the molecule is C[N+](C)(CCCc1ccccc1)C1CCN(C(=O)[C@](O)(c2ccccc2)C2CCCC2)C1. The molecule has 1 saturated heterocycles. The molecule has 2 aromatic carbocycles. The van der Waals surface area contributed by atoms with Crippen molar-refractivity contribution >= 4 is 5.91 Å². The maximum absolute atomic E-state index is 13.8. The standard InChI is InChI=1S/C28H39N2O2/c1-30(2,21-11-14-23-12-5-3-6-13-23)26-19-20-29(22-26)27(31)28(32,25-17-9-10-18-25)24-15-7-4-8-16-24/h3-8,12-13,15-16,25-26,32H,9-11,14,17-22H2,1-2H3/q+1/t26?,28-/m0/s1. The average Bonchev–Trinajstić information content (AvgIpc) is 3.52. The molecule has 1 aliphatic heterocycles. The zero-order chi connectivity index (χ0) is 22.6. The van der Waals surface area contributed by atoms with Gasteiger partial charge in [-0.15, -0.1) is 0 Å². The van der Waals surface area contributed by atoms with Gasteiger partial charge in [0.2, 0.25) is 0 Å². The van der Waals surface area contributed by atoms with Gasteiger partial charge < -0.3 is 14.5 Å². The van der Waals surface area contributed by atoms with Crippen LogP contribution in [0.25, 0.3) is 0 Å². The number of carbonyl (C=O) groups is 1. The normalized spacial score (nSPS) is 21.6. The molecule has 2 aromatic rings. The number of quaternary nitrogens is 1. The van der Waals surface area contributed by atoms with E-state index in [2.05, 4.69) is 44.4 Å². The third-order valence-electron chi connectivity index (χ3n) is 7.97. The highest BCUT2D eigenvalue weighted by atomic mass is 16.3. The van der Waals surface area contributed by atoms with Crippen LogP contribution in [0.3, 0.4) is 0 Å². The summed E-state index contributed by atoms with van der Waals surface area (Å²) < 4.78 is 0.920. The van der Waals surface area contributed by atoms with Gasteiger partial charge in [0.15, 0.2) is 5.60 Å². The summed E-state index contributed by atoms with van der Waals surface area (Å²) in [5, 5.41) is 11.9. The van der Waals surface area contributed by atoms with Gasteiger partial charge in [-0.1, -0.05) is 73.5 Å². The molecule has 172 valence electrons. The Labute approximate surface area is 193 Å². The Balaban J connectivity index is 1.42. The maximum atomic E-state index is 13.8. The largest absolute Gasteiger partial charge is 0.375 e. The van der Waals surface area contributed by atoms with Crippen molar-refractivity contribution in [2.24, 2.45) is 5.92 Å². The Morgan fingerprint density at radius 1 is 1.00 bits per heavy atom. The first-order valence-corrected chi connectivity index (χ1v) is 12.3. The van der Waals surface area contributed by atoms with Gasteiger partial charge in [-0.25, -0.2) is 0 Å². The summed E-state index contributed by atoms with van der Waals surface area (Å²) in [5.41, 5.74) is 0.758. The average molecular weight is 436 g/mol. The third-order valence-corrected chi connectivity index (χ3v) is 7.97. The smallest absolute Gasteiger partial charge is 0.259 e. The molecule has 1 saturated carbocycles. The fourth-order valence-corrected chi connectivity index (χ4v) is 5.83. The number of likely N-dealkylation sites (tertiary alicyclic amines) is 1. The van der Waals surface area contributed by atoms with E-state index in [9.17, 15) is 9.90 Å². The van der Waals surface area contributed by atoms with Crippen LogP contribution in [0.4, 0.5) is 0 Å². The lowest BCUT2D eigenvalue weighted by Gasteiger charge is -2.38. The summed E-state index contributed by atoms with van der Waals surface area (Å²) in [6.07, 6.45) is 7.28. The first-order valence-electron chi connectivity index (χ1n) is 12.3. The number of nitrogens with zero attached hydrogens (tertiary/aromatic N) is 2. The monoisotopic (exact) mass is 435 g/mol. The predicted octanol–water partition coefficient (Wildman–Crippen LogP) is 4.37. The lowest BCUT2D eigenvalue weighted by molar-refractivity contribution is -0.913. The molecular formula is C28H39N2O2+. The van der Waals surface area contributed by atoms with Crippen LogP contribution in [0, 0.1) is 5.92 Å². The summed E-state index contributed by atoms with van der Waals surface area (Å²) in [5.74, 6) is -0.0628. The number of aliphatic hydroxyl groups is 1. The van der Waals surface area contributed by atoms with Crippen LogP contribution in [0.5, 0.6) is 0 Å². The van der Waals surface area contributed by atoms with E-state index >= 15 is 0 Å². The highest BCUT2D eigenvalue weighted by Crippen LogP contribution is 2.42. The zero-order valence-corrected chi connectivity index (χ0v) is 19.7. The Morgan fingerprint density at radius 2 is 1.62 bits per heavy atom. The van der Waals surface area contributed by atoms with E-state index in [-0.39, 0.29) is 11.8 Å². The molecule has 4 rings (SSSR count). The molecule has 0 spiro atoms. The molecule has 1 heterocycles. The number of benzene rings is 2. The second kappa shape index (κ2) is 9.76. The molecule has 1 aliphatic carbocycles. The topological polar surface area (TPSA) is 40.5 Å². The fourth-order valence-electron chi connectivity index (χ4n) is 5.83. The molecule has 2 aliphatic rings. The molecule has 1 N–H and O–H groups in total. The molecule has 2 atom stereocenters. The minimum atomic E-state index is -1.39. The van der Waals surface area contributed by atoms with Gasteiger partial charge in [-0.3, -0.25) is 4.79 Å². The zero-order valence-electron chi connectivity index (χ0n) is 19.7. The lowest BCUT2D eigenvalue weighted by atomic mass is 9.79. The van der Waals surface area contributed by atoms with Gasteiger partial charge >= 0.3 is 0 Å². The van der Waals surface area contributed by atoms with Crippen molar-refractivity contribution in [3.8, 4) is 0 Å². The molecular weight excluding hydrogens is 396 g/mol. The van der Waals surface area contributed by atoms with E-state index in [0.29, 0.717) is 6.04 Å². The summed E-state index contributed by atoms with van der Waals surface area (Å²) in [7, 11) is 4.59. The molecule has 32 heavy (non-hydrogen) atoms. The summed E-state index contributed by atoms with van der Waals surface area (Å²) in [6.45, 7) is 2.57. The van der Waals surface area contributed by atoms with Crippen molar-refractivity contribution in [3.63, 3.8) is 0 Å². The Bertz CT molecular complexity index is 877. The number of amides is 1. The van der Waals surface area contributed by atoms with Crippen LogP contribution in [0.2, 0.25) is 0 Å². The minimum absolute atomic E-state index is 0.0184. The molecule has 4 heteroatoms. The first-order chi connectivity index (χ1) is 15.4. The molecule has 1 amide bonds. The predicted molar refractivity (Wildman–Crippen MR) is 129 cm³/mol. The van der Waals surface area contributed by atoms with E-state index in [4.69, 9.17) is 0 Å². The molecule has 0 radical (unpaired) electrons. The number of carbonyl (C=O) groups excluding carboxylic acids is 1. The molecule has 0 aromatic heterocycles. The Kier molecular flexibility index (Phi) is 7.02. The van der Waals surface area contributed by atoms with Gasteiger partial charge in [0.25, 0.3) is 5.91 Å². The number of likely N-dealkylation sites (N-methyl/N-ethyl adjacent to an activating group) is 1. The Morgan fingerprint density at radius 3 is 2.28 bits per heavy atom. The van der Waals surface area contributed by atoms with Gasteiger partial charge in [0.1, 0.15) is 6.04 Å². The summed E-state index contributed by atoms with van der Waals surface area (Å²) >= 11 is 0. The van der Waals surface area contributed by atoms with Crippen LogP contribution < -0.4 is 0 Å². The third kappa shape index (κ3) is 4.77. The van der Waals surface area contributed by atoms with Gasteiger partial charge in [-0.2, -0.15) is 0 Å². The number of hydrogen-bond donors (Lipinski definition) is 1. The van der Waals surface area contributed by atoms with E-state index in [1.807, 2.05) is 35.2 Å². The second-order valence-corrected chi connectivity index (χ2v) is 10.4. The van der Waals surface area contributed by atoms with Crippen LogP contribution >= 0.6 is 0 Å². The van der Waals surface area contributed by atoms with E-state index < -0.39 is 5.60 Å². The quantitative estimate of drug-likeness (QED) is 0.626. The fraction of sp³-hybridized carbons (Fsp3) is 0.536. The minimum Gasteiger partial charge on any atom is -0.375 e. The molecule has 1 unspecified atom stereocenters. The van der Waals surface area contributed by atoms with Crippen LogP contribution in [0.1, 0.15) is 49.7 Å². The van der Waals surface area contributed by atoms with Crippen molar-refractivity contribution in [3.05, 3.63) is 71.8 Å². The second-order valence-electron chi connectivity index (χ2n) is 10.4. The number of aryl methyl sites for hydroxylation is 1. The summed E-state index contributed by atoms with van der Waals surface area (Å²) in [4.78, 5) is 15.7. The summed E-state index contributed by atoms with van der Waals surface area (Å²) in [6, 6.07) is 20.7. The van der Waals surface area contributed by atoms with Gasteiger partial charge in [0, 0.05) is 25.3 Å². The van der Waals surface area contributed by atoms with Crippen molar-refractivity contribution < 1.29 is 14.4 Å². The van der Waals surface area contributed by atoms with Crippen LogP contribution in [-0.4, -0.2) is 60.2 Å². The Hall–Kier alpha value is -2.17. The van der Waals surface area contributed by atoms with E-state index in [1.54, 1.807) is 0 Å². The maximum Gasteiger partial charge on any atom is 0.259 e. The lowest BCUT2D eigenvalue weighted by Crippen LogP contribution is -2.54. The van der Waals surface area contributed by atoms with E-state index in [0.717, 1.165) is 74.6 Å². The van der Waals surface area contributed by atoms with Crippen LogP contribution in [0.15, 0.2) is 60.7 Å². The van der Waals surface area contributed by atoms with Crippen LogP contribution in [-0.2, 0) is 16.8 Å².